The molecule has 98 valence electrons. The molecule has 0 unspecified atom stereocenters. The van der Waals surface area contributed by atoms with Crippen molar-refractivity contribution in [2.45, 2.75) is 6.54 Å². The number of halogens is 1. The van der Waals surface area contributed by atoms with Crippen LogP contribution < -0.4 is 0 Å². The standard InChI is InChI=1S/C13H13IN4O/c1-19-5-4-17-8-11(6-15-17)10-2-3-13-12(14)7-16-18(13)9-10/h2-3,6-9H,4-5H2,1H3. The Balaban J connectivity index is 1.92. The third-order valence-electron chi connectivity index (χ3n) is 2.96. The summed E-state index contributed by atoms with van der Waals surface area (Å²) in [5, 5.41) is 8.64. The van der Waals surface area contributed by atoms with E-state index in [9.17, 15) is 0 Å². The van der Waals surface area contributed by atoms with Crippen molar-refractivity contribution in [1.82, 2.24) is 19.4 Å². The van der Waals surface area contributed by atoms with Crippen molar-refractivity contribution in [3.63, 3.8) is 0 Å². The van der Waals surface area contributed by atoms with Crippen molar-refractivity contribution in [2.75, 3.05) is 13.7 Å². The van der Waals surface area contributed by atoms with Gasteiger partial charge in [-0.2, -0.15) is 10.2 Å². The minimum atomic E-state index is 0.664. The van der Waals surface area contributed by atoms with Gasteiger partial charge in [0.1, 0.15) is 0 Å². The first-order chi connectivity index (χ1) is 9.28. The molecule has 3 rings (SSSR count). The van der Waals surface area contributed by atoms with Gasteiger partial charge in [-0.05, 0) is 28.7 Å². The van der Waals surface area contributed by atoms with E-state index in [4.69, 9.17) is 4.74 Å². The molecule has 0 aromatic carbocycles. The fourth-order valence-corrected chi connectivity index (χ4v) is 2.50. The molecule has 0 radical (unpaired) electrons. The normalized spacial score (nSPS) is 11.3. The van der Waals surface area contributed by atoms with Crippen LogP contribution in [0.25, 0.3) is 16.6 Å². The van der Waals surface area contributed by atoms with Crippen LogP contribution in [0.2, 0.25) is 0 Å². The minimum Gasteiger partial charge on any atom is -0.383 e. The van der Waals surface area contributed by atoms with Gasteiger partial charge in [-0.25, -0.2) is 4.52 Å². The van der Waals surface area contributed by atoms with Crippen LogP contribution >= 0.6 is 22.6 Å². The van der Waals surface area contributed by atoms with E-state index in [1.807, 2.05) is 34.0 Å². The van der Waals surface area contributed by atoms with E-state index in [1.54, 1.807) is 7.11 Å². The Bertz CT molecular complexity index is 704. The summed E-state index contributed by atoms with van der Waals surface area (Å²) in [6.07, 6.45) is 7.77. The van der Waals surface area contributed by atoms with Gasteiger partial charge < -0.3 is 4.74 Å². The monoisotopic (exact) mass is 368 g/mol. The van der Waals surface area contributed by atoms with Gasteiger partial charge in [0, 0.05) is 30.6 Å². The van der Waals surface area contributed by atoms with Crippen LogP contribution in [-0.2, 0) is 11.3 Å². The Morgan fingerprint density at radius 2 is 2.05 bits per heavy atom. The third-order valence-corrected chi connectivity index (χ3v) is 3.79. The van der Waals surface area contributed by atoms with E-state index in [0.717, 1.165) is 26.8 Å². The highest BCUT2D eigenvalue weighted by Crippen LogP contribution is 2.21. The number of hydrogen-bond acceptors (Lipinski definition) is 3. The molecule has 5 nitrogen and oxygen atoms in total. The lowest BCUT2D eigenvalue weighted by Gasteiger charge is -2.00. The molecule has 0 fully saturated rings. The Kier molecular flexibility index (Phi) is 3.52. The first-order valence-corrected chi connectivity index (χ1v) is 7.00. The van der Waals surface area contributed by atoms with Crippen LogP contribution in [0.3, 0.4) is 0 Å². The van der Waals surface area contributed by atoms with Gasteiger partial charge in [-0.1, -0.05) is 6.07 Å². The van der Waals surface area contributed by atoms with Crippen LogP contribution in [0.1, 0.15) is 0 Å². The van der Waals surface area contributed by atoms with Crippen LogP contribution in [0.5, 0.6) is 0 Å². The van der Waals surface area contributed by atoms with Gasteiger partial charge in [-0.15, -0.1) is 0 Å². The average molecular weight is 368 g/mol. The highest BCUT2D eigenvalue weighted by Gasteiger charge is 2.05. The smallest absolute Gasteiger partial charge is 0.0795 e. The maximum Gasteiger partial charge on any atom is 0.0795 e. The van der Waals surface area contributed by atoms with Gasteiger partial charge in [0.2, 0.25) is 0 Å². The molecular weight excluding hydrogens is 355 g/mol. The largest absolute Gasteiger partial charge is 0.383 e. The number of pyridine rings is 1. The van der Waals surface area contributed by atoms with Crippen LogP contribution in [0, 0.1) is 3.57 Å². The van der Waals surface area contributed by atoms with Crippen molar-refractivity contribution < 1.29 is 4.74 Å². The van der Waals surface area contributed by atoms with Gasteiger partial charge in [0.05, 0.1) is 34.6 Å². The van der Waals surface area contributed by atoms with Gasteiger partial charge in [0.25, 0.3) is 0 Å². The predicted molar refractivity (Wildman–Crippen MR) is 81.0 cm³/mol. The molecule has 0 aliphatic rings. The second-order valence-electron chi connectivity index (χ2n) is 4.22. The summed E-state index contributed by atoms with van der Waals surface area (Å²) in [7, 11) is 1.69. The van der Waals surface area contributed by atoms with E-state index in [0.29, 0.717) is 6.61 Å². The molecule has 3 heterocycles. The molecule has 0 N–H and O–H groups in total. The van der Waals surface area contributed by atoms with Gasteiger partial charge >= 0.3 is 0 Å². The summed E-state index contributed by atoms with van der Waals surface area (Å²) in [4.78, 5) is 0. The number of methoxy groups -OCH3 is 1. The Morgan fingerprint density at radius 3 is 2.89 bits per heavy atom. The number of fused-ring (bicyclic) bond motifs is 1. The highest BCUT2D eigenvalue weighted by molar-refractivity contribution is 14.1. The van der Waals surface area contributed by atoms with E-state index in [1.165, 1.54) is 0 Å². The van der Waals surface area contributed by atoms with Crippen molar-refractivity contribution in [2.24, 2.45) is 0 Å². The van der Waals surface area contributed by atoms with Crippen LogP contribution in [0.4, 0.5) is 0 Å². The molecule has 3 aromatic rings. The number of aromatic nitrogens is 4. The Morgan fingerprint density at radius 1 is 1.16 bits per heavy atom. The Labute approximate surface area is 124 Å². The average Bonchev–Trinajstić information content (AvgIpc) is 3.04. The fourth-order valence-electron chi connectivity index (χ4n) is 1.94. The summed E-state index contributed by atoms with van der Waals surface area (Å²) < 4.78 is 9.98. The number of hydrogen-bond donors (Lipinski definition) is 0. The second-order valence-corrected chi connectivity index (χ2v) is 5.39. The lowest BCUT2D eigenvalue weighted by Crippen LogP contribution is -2.03. The summed E-state index contributed by atoms with van der Waals surface area (Å²) >= 11 is 2.29. The molecular formula is C13H13IN4O. The molecule has 3 aromatic heterocycles. The van der Waals surface area contributed by atoms with Crippen molar-refractivity contribution >= 4 is 28.1 Å². The zero-order valence-electron chi connectivity index (χ0n) is 10.5. The van der Waals surface area contributed by atoms with Crippen molar-refractivity contribution in [1.29, 1.82) is 0 Å². The van der Waals surface area contributed by atoms with Gasteiger partial charge in [-0.3, -0.25) is 4.68 Å². The molecule has 19 heavy (non-hydrogen) atoms. The summed E-state index contributed by atoms with van der Waals surface area (Å²) in [5.74, 6) is 0. The SMILES string of the molecule is COCCn1cc(-c2ccc3c(I)cnn3c2)cn1. The maximum atomic E-state index is 5.05. The van der Waals surface area contributed by atoms with Crippen LogP contribution in [-0.4, -0.2) is 33.1 Å². The molecule has 0 amide bonds. The van der Waals surface area contributed by atoms with Crippen molar-refractivity contribution in [3.05, 3.63) is 40.5 Å². The van der Waals surface area contributed by atoms with Crippen LogP contribution in [0.15, 0.2) is 36.9 Å². The summed E-state index contributed by atoms with van der Waals surface area (Å²) in [5.41, 5.74) is 3.32. The topological polar surface area (TPSA) is 44.4 Å². The molecule has 0 aliphatic heterocycles. The molecule has 6 heteroatoms. The first-order valence-electron chi connectivity index (χ1n) is 5.92. The zero-order valence-corrected chi connectivity index (χ0v) is 12.6. The number of rotatable bonds is 4. The number of nitrogens with zero attached hydrogens (tertiary/aromatic N) is 4. The quantitative estimate of drug-likeness (QED) is 0.665. The van der Waals surface area contributed by atoms with Crippen molar-refractivity contribution in [3.8, 4) is 11.1 Å². The molecule has 0 saturated carbocycles. The van der Waals surface area contributed by atoms with E-state index in [2.05, 4.69) is 44.9 Å². The molecule has 0 bridgehead atoms. The summed E-state index contributed by atoms with van der Waals surface area (Å²) in [6, 6.07) is 4.17. The lowest BCUT2D eigenvalue weighted by atomic mass is 10.1. The molecule has 0 aliphatic carbocycles. The van der Waals surface area contributed by atoms with E-state index in [-0.39, 0.29) is 0 Å². The molecule has 0 atom stereocenters. The van der Waals surface area contributed by atoms with E-state index >= 15 is 0 Å². The lowest BCUT2D eigenvalue weighted by molar-refractivity contribution is 0.183. The highest BCUT2D eigenvalue weighted by atomic mass is 127. The maximum absolute atomic E-state index is 5.05. The third kappa shape index (κ3) is 2.50. The minimum absolute atomic E-state index is 0.664. The Hall–Kier alpha value is -1.41. The molecule has 0 spiro atoms. The second kappa shape index (κ2) is 5.30. The molecule has 0 saturated heterocycles. The fraction of sp³-hybridized carbons (Fsp3) is 0.231. The summed E-state index contributed by atoms with van der Waals surface area (Å²) in [6.45, 7) is 1.43. The first kappa shape index (κ1) is 12.6. The number of ether oxygens (including phenoxy) is 1. The predicted octanol–water partition coefficient (Wildman–Crippen LogP) is 2.45. The zero-order chi connectivity index (χ0) is 13.2. The van der Waals surface area contributed by atoms with Gasteiger partial charge in [0.15, 0.2) is 0 Å². The van der Waals surface area contributed by atoms with E-state index < -0.39 is 0 Å².